The maximum absolute atomic E-state index is 11.4. The van der Waals surface area contributed by atoms with E-state index >= 15 is 0 Å². The van der Waals surface area contributed by atoms with Crippen LogP contribution in [0.15, 0.2) is 10.7 Å². The quantitative estimate of drug-likeness (QED) is 0.698. The Bertz CT molecular complexity index is 415. The zero-order valence-corrected chi connectivity index (χ0v) is 10.6. The third kappa shape index (κ3) is 3.76. The van der Waals surface area contributed by atoms with Crippen molar-refractivity contribution in [3.63, 3.8) is 0 Å². The summed E-state index contributed by atoms with van der Waals surface area (Å²) >= 11 is 0. The number of carbonyl (C=O) groups excluding carboxylic acids is 2. The second-order valence-corrected chi connectivity index (χ2v) is 3.48. The zero-order chi connectivity index (χ0) is 13.5. The average molecular weight is 256 g/mol. The number of rotatable bonds is 6. The van der Waals surface area contributed by atoms with Gasteiger partial charge in [0.05, 0.1) is 20.1 Å². The number of hydrogen-bond acceptors (Lipinski definition) is 7. The van der Waals surface area contributed by atoms with E-state index in [-0.39, 0.29) is 30.7 Å². The average Bonchev–Trinajstić information content (AvgIpc) is 2.85. The molecule has 1 rings (SSSR count). The van der Waals surface area contributed by atoms with Gasteiger partial charge in [-0.25, -0.2) is 4.79 Å². The van der Waals surface area contributed by atoms with Gasteiger partial charge in [-0.05, 0) is 6.92 Å². The van der Waals surface area contributed by atoms with E-state index in [0.717, 1.165) is 0 Å². The first kappa shape index (κ1) is 14.0. The predicted molar refractivity (Wildman–Crippen MR) is 62.4 cm³/mol. The summed E-state index contributed by atoms with van der Waals surface area (Å²) in [5, 5.41) is 0. The molecule has 100 valence electrons. The van der Waals surface area contributed by atoms with E-state index in [1.165, 1.54) is 13.4 Å². The lowest BCUT2D eigenvalue weighted by atomic mass is 10.4. The summed E-state index contributed by atoms with van der Waals surface area (Å²) in [6, 6.07) is 0.252. The van der Waals surface area contributed by atoms with Crippen molar-refractivity contribution in [2.45, 2.75) is 13.3 Å². The molecule has 0 amide bonds. The number of oxazole rings is 1. The Morgan fingerprint density at radius 2 is 2.22 bits per heavy atom. The smallest absolute Gasteiger partial charge is 0.360 e. The summed E-state index contributed by atoms with van der Waals surface area (Å²) in [6.45, 7) is 2.37. The number of aromatic nitrogens is 1. The van der Waals surface area contributed by atoms with Gasteiger partial charge in [-0.15, -0.1) is 0 Å². The molecule has 1 aromatic rings. The van der Waals surface area contributed by atoms with Gasteiger partial charge in [0.15, 0.2) is 5.69 Å². The minimum Gasteiger partial charge on any atom is -0.469 e. The summed E-state index contributed by atoms with van der Waals surface area (Å²) in [7, 11) is 3.02. The molecule has 7 heteroatoms. The zero-order valence-electron chi connectivity index (χ0n) is 10.6. The van der Waals surface area contributed by atoms with Crippen LogP contribution >= 0.6 is 0 Å². The Kier molecular flexibility index (Phi) is 5.16. The highest BCUT2D eigenvalue weighted by atomic mass is 16.5. The number of ether oxygens (including phenoxy) is 2. The summed E-state index contributed by atoms with van der Waals surface area (Å²) in [4.78, 5) is 27.9. The SMILES string of the molecule is CCOC(=O)c1coc(N(C)CCC(=O)OC)n1. The fourth-order valence-electron chi connectivity index (χ4n) is 1.20. The van der Waals surface area contributed by atoms with Gasteiger partial charge in [-0.3, -0.25) is 4.79 Å². The molecule has 0 bridgehead atoms. The normalized spacial score (nSPS) is 9.94. The molecule has 0 N–H and O–H groups in total. The topological polar surface area (TPSA) is 81.9 Å². The lowest BCUT2D eigenvalue weighted by Crippen LogP contribution is -2.22. The summed E-state index contributed by atoms with van der Waals surface area (Å²) in [5.74, 6) is -0.854. The van der Waals surface area contributed by atoms with Crippen LogP contribution < -0.4 is 4.90 Å². The second-order valence-electron chi connectivity index (χ2n) is 3.48. The fraction of sp³-hybridized carbons (Fsp3) is 0.545. The van der Waals surface area contributed by atoms with Gasteiger partial charge < -0.3 is 18.8 Å². The van der Waals surface area contributed by atoms with E-state index in [0.29, 0.717) is 6.54 Å². The highest BCUT2D eigenvalue weighted by molar-refractivity contribution is 5.87. The maximum atomic E-state index is 11.4. The Hall–Kier alpha value is -2.05. The van der Waals surface area contributed by atoms with Gasteiger partial charge in [-0.2, -0.15) is 4.98 Å². The molecule has 0 saturated heterocycles. The van der Waals surface area contributed by atoms with Crippen molar-refractivity contribution in [3.05, 3.63) is 12.0 Å². The fourth-order valence-corrected chi connectivity index (χ4v) is 1.20. The Morgan fingerprint density at radius 3 is 2.83 bits per heavy atom. The van der Waals surface area contributed by atoms with Gasteiger partial charge >= 0.3 is 11.9 Å². The molecule has 0 fully saturated rings. The van der Waals surface area contributed by atoms with Crippen molar-refractivity contribution in [1.82, 2.24) is 4.98 Å². The minimum atomic E-state index is -0.533. The molecule has 18 heavy (non-hydrogen) atoms. The predicted octanol–water partition coefficient (Wildman–Crippen LogP) is 0.851. The molecule has 7 nitrogen and oxygen atoms in total. The first-order valence-electron chi connectivity index (χ1n) is 5.49. The Labute approximate surface area is 105 Å². The van der Waals surface area contributed by atoms with E-state index in [4.69, 9.17) is 9.15 Å². The standard InChI is InChI=1S/C11H16N2O5/c1-4-17-10(15)8-7-18-11(12-8)13(2)6-5-9(14)16-3/h7H,4-6H2,1-3H3. The maximum Gasteiger partial charge on any atom is 0.360 e. The van der Waals surface area contributed by atoms with Crippen molar-refractivity contribution < 1.29 is 23.5 Å². The minimum absolute atomic E-state index is 0.108. The van der Waals surface area contributed by atoms with Crippen LogP contribution in [0.25, 0.3) is 0 Å². The molecule has 0 unspecified atom stereocenters. The highest BCUT2D eigenvalue weighted by Gasteiger charge is 2.16. The molecule has 0 aliphatic rings. The summed E-state index contributed by atoms with van der Waals surface area (Å²) in [6.07, 6.45) is 1.44. The van der Waals surface area contributed by atoms with Gasteiger partial charge in [0, 0.05) is 13.6 Å². The molecule has 0 saturated carbocycles. The molecule has 0 aromatic carbocycles. The Balaban J connectivity index is 2.56. The van der Waals surface area contributed by atoms with Crippen LogP contribution in [0.1, 0.15) is 23.8 Å². The first-order chi connectivity index (χ1) is 8.58. The van der Waals surface area contributed by atoms with Gasteiger partial charge in [0.2, 0.25) is 0 Å². The van der Waals surface area contributed by atoms with E-state index < -0.39 is 5.97 Å². The molecule has 1 aromatic heterocycles. The largest absolute Gasteiger partial charge is 0.469 e. The number of hydrogen-bond donors (Lipinski definition) is 0. The lowest BCUT2D eigenvalue weighted by Gasteiger charge is -2.12. The number of nitrogens with zero attached hydrogens (tertiary/aromatic N) is 2. The van der Waals surface area contributed by atoms with Crippen molar-refractivity contribution in [1.29, 1.82) is 0 Å². The van der Waals surface area contributed by atoms with Crippen LogP contribution in [0.5, 0.6) is 0 Å². The molecule has 0 atom stereocenters. The third-order valence-electron chi connectivity index (χ3n) is 2.18. The van der Waals surface area contributed by atoms with Crippen LogP contribution in [0.2, 0.25) is 0 Å². The first-order valence-corrected chi connectivity index (χ1v) is 5.49. The molecule has 0 aliphatic carbocycles. The van der Waals surface area contributed by atoms with Crippen LogP contribution in [0.3, 0.4) is 0 Å². The molecule has 1 heterocycles. The van der Waals surface area contributed by atoms with Crippen molar-refractivity contribution in [2.24, 2.45) is 0 Å². The second kappa shape index (κ2) is 6.63. The van der Waals surface area contributed by atoms with E-state index in [1.54, 1.807) is 18.9 Å². The number of carbonyl (C=O) groups is 2. The van der Waals surface area contributed by atoms with Gasteiger partial charge in [0.25, 0.3) is 6.01 Å². The molecular formula is C11H16N2O5. The van der Waals surface area contributed by atoms with Crippen LogP contribution in [0, 0.1) is 0 Å². The number of methoxy groups -OCH3 is 1. The van der Waals surface area contributed by atoms with E-state index in [9.17, 15) is 9.59 Å². The molecule has 0 spiro atoms. The third-order valence-corrected chi connectivity index (χ3v) is 2.18. The summed E-state index contributed by atoms with van der Waals surface area (Å²) in [5.41, 5.74) is 0.108. The van der Waals surface area contributed by atoms with Crippen molar-refractivity contribution in [2.75, 3.05) is 32.2 Å². The van der Waals surface area contributed by atoms with Crippen LogP contribution in [-0.4, -0.2) is 44.2 Å². The number of esters is 2. The lowest BCUT2D eigenvalue weighted by molar-refractivity contribution is -0.140. The number of anilines is 1. The summed E-state index contributed by atoms with van der Waals surface area (Å²) < 4.78 is 14.4. The van der Waals surface area contributed by atoms with Crippen molar-refractivity contribution >= 4 is 18.0 Å². The van der Waals surface area contributed by atoms with Crippen LogP contribution in [-0.2, 0) is 14.3 Å². The van der Waals surface area contributed by atoms with Crippen LogP contribution in [0.4, 0.5) is 6.01 Å². The monoisotopic (exact) mass is 256 g/mol. The van der Waals surface area contributed by atoms with E-state index in [2.05, 4.69) is 9.72 Å². The molecular weight excluding hydrogens is 240 g/mol. The van der Waals surface area contributed by atoms with E-state index in [1.807, 2.05) is 0 Å². The van der Waals surface area contributed by atoms with Crippen molar-refractivity contribution in [3.8, 4) is 0 Å². The van der Waals surface area contributed by atoms with Gasteiger partial charge in [0.1, 0.15) is 6.26 Å². The van der Waals surface area contributed by atoms with Gasteiger partial charge in [-0.1, -0.05) is 0 Å². The molecule has 0 aliphatic heterocycles. The Morgan fingerprint density at radius 1 is 1.50 bits per heavy atom. The molecule has 0 radical (unpaired) electrons. The highest BCUT2D eigenvalue weighted by Crippen LogP contribution is 2.13.